The van der Waals surface area contributed by atoms with Crippen molar-refractivity contribution in [2.24, 2.45) is 11.8 Å². The molecule has 2 fully saturated rings. The standard InChI is InChI=1S/C21H22F2N4O2/c1-13(28)25-9-20(29)27-11-15-10-26(19-5-6-24-8-18(19)23)12-17(15)21(27)14-3-2-4-16(22)7-14/h2-8,15,17,21H,9-12H2,1H3,(H,25,28)/t15-,17-,21+/m0/s1. The molecule has 0 unspecified atom stereocenters. The molecule has 1 aromatic carbocycles. The van der Waals surface area contributed by atoms with E-state index >= 15 is 0 Å². The molecule has 0 saturated carbocycles. The molecule has 4 rings (SSSR count). The highest BCUT2D eigenvalue weighted by molar-refractivity contribution is 5.84. The molecule has 1 aromatic heterocycles. The van der Waals surface area contributed by atoms with Gasteiger partial charge in [-0.1, -0.05) is 12.1 Å². The van der Waals surface area contributed by atoms with E-state index in [2.05, 4.69) is 10.3 Å². The molecule has 3 atom stereocenters. The van der Waals surface area contributed by atoms with Crippen molar-refractivity contribution in [3.63, 3.8) is 0 Å². The maximum Gasteiger partial charge on any atom is 0.242 e. The number of nitrogens with one attached hydrogen (secondary N) is 1. The number of rotatable bonds is 4. The first-order chi connectivity index (χ1) is 13.9. The van der Waals surface area contributed by atoms with Gasteiger partial charge in [0.25, 0.3) is 0 Å². The number of pyridine rings is 1. The number of nitrogens with zero attached hydrogens (tertiary/aromatic N) is 3. The summed E-state index contributed by atoms with van der Waals surface area (Å²) in [7, 11) is 0. The monoisotopic (exact) mass is 400 g/mol. The van der Waals surface area contributed by atoms with Gasteiger partial charge in [0.2, 0.25) is 11.8 Å². The summed E-state index contributed by atoms with van der Waals surface area (Å²) < 4.78 is 28.1. The minimum absolute atomic E-state index is 0.0330. The zero-order valence-electron chi connectivity index (χ0n) is 16.0. The molecule has 0 radical (unpaired) electrons. The van der Waals surface area contributed by atoms with Crippen molar-refractivity contribution in [3.8, 4) is 0 Å². The molecule has 6 nitrogen and oxygen atoms in total. The molecule has 2 amide bonds. The number of amides is 2. The van der Waals surface area contributed by atoms with Crippen LogP contribution in [0.1, 0.15) is 18.5 Å². The van der Waals surface area contributed by atoms with Crippen molar-refractivity contribution in [3.05, 3.63) is 59.9 Å². The highest BCUT2D eigenvalue weighted by atomic mass is 19.1. The Bertz CT molecular complexity index is 938. The number of likely N-dealkylation sites (tertiary alicyclic amines) is 1. The molecule has 2 saturated heterocycles. The predicted molar refractivity (Wildman–Crippen MR) is 103 cm³/mol. The van der Waals surface area contributed by atoms with E-state index in [4.69, 9.17) is 0 Å². The normalized spacial score (nSPS) is 23.2. The van der Waals surface area contributed by atoms with Gasteiger partial charge in [0, 0.05) is 44.6 Å². The smallest absolute Gasteiger partial charge is 0.242 e. The molecule has 29 heavy (non-hydrogen) atoms. The molecule has 8 heteroatoms. The molecule has 152 valence electrons. The number of carbonyl (C=O) groups excluding carboxylic acids is 2. The summed E-state index contributed by atoms with van der Waals surface area (Å²) in [6.45, 7) is 2.89. The van der Waals surface area contributed by atoms with Gasteiger partial charge in [-0.3, -0.25) is 14.6 Å². The lowest BCUT2D eigenvalue weighted by Crippen LogP contribution is -2.41. The molecule has 2 aromatic rings. The fourth-order valence-electron chi connectivity index (χ4n) is 4.54. The van der Waals surface area contributed by atoms with E-state index in [0.717, 1.165) is 0 Å². The summed E-state index contributed by atoms with van der Waals surface area (Å²) in [5.41, 5.74) is 1.20. The van der Waals surface area contributed by atoms with Crippen LogP contribution >= 0.6 is 0 Å². The van der Waals surface area contributed by atoms with Crippen LogP contribution in [0.2, 0.25) is 0 Å². The summed E-state index contributed by atoms with van der Waals surface area (Å²) in [5, 5.41) is 2.54. The summed E-state index contributed by atoms with van der Waals surface area (Å²) in [6.07, 6.45) is 2.75. The number of hydrogen-bond donors (Lipinski definition) is 1. The van der Waals surface area contributed by atoms with Crippen LogP contribution in [0.25, 0.3) is 0 Å². The van der Waals surface area contributed by atoms with Crippen LogP contribution in [-0.2, 0) is 9.59 Å². The number of carbonyl (C=O) groups is 2. The highest BCUT2D eigenvalue weighted by Crippen LogP contribution is 2.46. The fraction of sp³-hybridized carbons (Fsp3) is 0.381. The maximum absolute atomic E-state index is 14.2. The van der Waals surface area contributed by atoms with Crippen LogP contribution in [-0.4, -0.2) is 47.9 Å². The van der Waals surface area contributed by atoms with E-state index < -0.39 is 0 Å². The highest BCUT2D eigenvalue weighted by Gasteiger charge is 2.49. The van der Waals surface area contributed by atoms with Gasteiger partial charge in [-0.15, -0.1) is 0 Å². The average Bonchev–Trinajstić information content (AvgIpc) is 3.24. The van der Waals surface area contributed by atoms with E-state index in [0.29, 0.717) is 30.9 Å². The Morgan fingerprint density at radius 2 is 2.03 bits per heavy atom. The van der Waals surface area contributed by atoms with Gasteiger partial charge in [-0.25, -0.2) is 8.78 Å². The van der Waals surface area contributed by atoms with Crippen molar-refractivity contribution in [1.29, 1.82) is 0 Å². The summed E-state index contributed by atoms with van der Waals surface area (Å²) in [5.74, 6) is -1.07. The molecule has 2 aliphatic rings. The minimum Gasteiger partial charge on any atom is -0.368 e. The maximum atomic E-state index is 14.2. The lowest BCUT2D eigenvalue weighted by atomic mass is 9.89. The first-order valence-corrected chi connectivity index (χ1v) is 9.58. The van der Waals surface area contributed by atoms with Crippen LogP contribution in [0.5, 0.6) is 0 Å². The van der Waals surface area contributed by atoms with Gasteiger partial charge >= 0.3 is 0 Å². The molecule has 0 spiro atoms. The predicted octanol–water partition coefficient (Wildman–Crippen LogP) is 2.13. The number of anilines is 1. The van der Waals surface area contributed by atoms with Crippen molar-refractivity contribution in [1.82, 2.24) is 15.2 Å². The average molecular weight is 400 g/mol. The Labute approximate surface area is 167 Å². The largest absolute Gasteiger partial charge is 0.368 e. The van der Waals surface area contributed by atoms with Crippen LogP contribution in [0, 0.1) is 23.5 Å². The van der Waals surface area contributed by atoms with Crippen molar-refractivity contribution in [2.45, 2.75) is 13.0 Å². The number of hydrogen-bond acceptors (Lipinski definition) is 4. The van der Waals surface area contributed by atoms with Crippen molar-refractivity contribution in [2.75, 3.05) is 31.1 Å². The van der Waals surface area contributed by atoms with Crippen molar-refractivity contribution < 1.29 is 18.4 Å². The zero-order valence-corrected chi connectivity index (χ0v) is 16.0. The second-order valence-corrected chi connectivity index (χ2v) is 7.61. The van der Waals surface area contributed by atoms with Gasteiger partial charge in [-0.05, 0) is 23.8 Å². The van der Waals surface area contributed by atoms with Crippen LogP contribution < -0.4 is 10.2 Å². The topological polar surface area (TPSA) is 65.5 Å². The van der Waals surface area contributed by atoms with Gasteiger partial charge in [0.15, 0.2) is 5.82 Å². The summed E-state index contributed by atoms with van der Waals surface area (Å²) in [4.78, 5) is 31.5. The molecule has 0 aliphatic carbocycles. The van der Waals surface area contributed by atoms with Gasteiger partial charge in [0.1, 0.15) is 5.82 Å². The van der Waals surface area contributed by atoms with Gasteiger partial charge in [-0.2, -0.15) is 0 Å². The Hall–Kier alpha value is -3.03. The lowest BCUT2D eigenvalue weighted by molar-refractivity contribution is -0.133. The summed E-state index contributed by atoms with van der Waals surface area (Å²) in [6, 6.07) is 7.57. The van der Waals surface area contributed by atoms with Gasteiger partial charge < -0.3 is 15.1 Å². The van der Waals surface area contributed by atoms with Crippen LogP contribution in [0.4, 0.5) is 14.5 Å². The van der Waals surface area contributed by atoms with Crippen LogP contribution in [0.3, 0.4) is 0 Å². The molecular formula is C21H22F2N4O2. The van der Waals surface area contributed by atoms with E-state index in [1.54, 1.807) is 23.2 Å². The third kappa shape index (κ3) is 3.79. The molecule has 3 heterocycles. The van der Waals surface area contributed by atoms with E-state index in [9.17, 15) is 18.4 Å². The summed E-state index contributed by atoms with van der Waals surface area (Å²) >= 11 is 0. The second-order valence-electron chi connectivity index (χ2n) is 7.61. The SMILES string of the molecule is CC(=O)NCC(=O)N1C[C@@H]2CN(c3ccncc3F)C[C@@H]2[C@H]1c1cccc(F)c1. The third-order valence-electron chi connectivity index (χ3n) is 5.75. The Morgan fingerprint density at radius 1 is 1.21 bits per heavy atom. The molecular weight excluding hydrogens is 378 g/mol. The second kappa shape index (κ2) is 7.77. The van der Waals surface area contributed by atoms with Crippen molar-refractivity contribution >= 4 is 17.5 Å². The fourth-order valence-corrected chi connectivity index (χ4v) is 4.54. The number of fused-ring (bicyclic) bond motifs is 1. The molecule has 0 bridgehead atoms. The lowest BCUT2D eigenvalue weighted by Gasteiger charge is -2.30. The Morgan fingerprint density at radius 3 is 2.76 bits per heavy atom. The van der Waals surface area contributed by atoms with E-state index in [-0.39, 0.29) is 47.9 Å². The minimum atomic E-state index is -0.381. The number of aromatic nitrogens is 1. The van der Waals surface area contributed by atoms with Gasteiger partial charge in [0.05, 0.1) is 24.5 Å². The number of halogens is 2. The first kappa shape index (κ1) is 19.3. The van der Waals surface area contributed by atoms with E-state index in [1.807, 2.05) is 11.0 Å². The Kier molecular flexibility index (Phi) is 5.17. The quantitative estimate of drug-likeness (QED) is 0.854. The zero-order chi connectivity index (χ0) is 20.5. The molecule has 2 aliphatic heterocycles. The Balaban J connectivity index is 1.61. The van der Waals surface area contributed by atoms with E-state index in [1.165, 1.54) is 25.3 Å². The number of benzene rings is 1. The molecule has 1 N–H and O–H groups in total. The third-order valence-corrected chi connectivity index (χ3v) is 5.75. The van der Waals surface area contributed by atoms with Crippen LogP contribution in [0.15, 0.2) is 42.7 Å². The first-order valence-electron chi connectivity index (χ1n) is 9.58.